The molecule has 0 aromatic heterocycles. The molecule has 0 aromatic carbocycles. The Balaban J connectivity index is -0.0000000200. The molecule has 0 aliphatic carbocycles. The summed E-state index contributed by atoms with van der Waals surface area (Å²) in [7, 11) is 0. The van der Waals surface area contributed by atoms with Gasteiger partial charge in [0.05, 0.1) is 5.16 Å². The molecule has 1 nitrogen and oxygen atoms in total. The van der Waals surface area contributed by atoms with Crippen molar-refractivity contribution in [3.05, 3.63) is 0 Å². The van der Waals surface area contributed by atoms with Gasteiger partial charge in [0.25, 0.3) is 0 Å². The van der Waals surface area contributed by atoms with E-state index in [4.69, 9.17) is 5.41 Å². The number of hydrogen-bond donors (Lipinski definition) is 1. The van der Waals surface area contributed by atoms with Crippen molar-refractivity contribution in [3.8, 4) is 0 Å². The quantitative estimate of drug-likeness (QED) is 0.208. The van der Waals surface area contributed by atoms with E-state index in [0.717, 1.165) is 0 Å². The van der Waals surface area contributed by atoms with Gasteiger partial charge >= 0.3 is 51.4 Å². The fourth-order valence-electron chi connectivity index (χ4n) is 0. The summed E-state index contributed by atoms with van der Waals surface area (Å²) in [5.41, 5.74) is 0. The van der Waals surface area contributed by atoms with Gasteiger partial charge in [0.2, 0.25) is 0 Å². The van der Waals surface area contributed by atoms with Gasteiger partial charge in [-0.15, -0.1) is 0 Å². The van der Waals surface area contributed by atoms with E-state index in [9.17, 15) is 0 Å². The van der Waals surface area contributed by atoms with Crippen LogP contribution in [0.1, 0.15) is 1.43 Å². The Hall–Kier alpha value is 1.44. The zero-order valence-electron chi connectivity index (χ0n) is 3.41. The topological polar surface area (TPSA) is 23.9 Å². The Morgan fingerprint density at radius 2 is 2.00 bits per heavy atom. The maximum Gasteiger partial charge on any atom is 1.00 e. The van der Waals surface area contributed by atoms with Gasteiger partial charge in [-0.3, -0.25) is 0 Å². The van der Waals surface area contributed by atoms with Crippen LogP contribution in [0.4, 0.5) is 0 Å². The standard InChI is InChI=1S/CHNS.K.H/c2-1-3;;/h2H;;/q;+1;-1. The van der Waals surface area contributed by atoms with Gasteiger partial charge in [-0.05, 0) is 12.2 Å². The Labute approximate surface area is 74.2 Å². The fourth-order valence-corrected chi connectivity index (χ4v) is 0. The second-order valence-corrected chi connectivity index (χ2v) is 0.306. The molecule has 0 aliphatic heterocycles. The van der Waals surface area contributed by atoms with Crippen LogP contribution in [0.5, 0.6) is 0 Å². The molecule has 4 heavy (non-hydrogen) atoms. The van der Waals surface area contributed by atoms with E-state index in [1.807, 2.05) is 0 Å². The molecular formula is CH2KNS. The molecular weight excluding hydrogens is 97.2 g/mol. The third-order valence-electron chi connectivity index (χ3n) is 0. The third kappa shape index (κ3) is 9.89. The first kappa shape index (κ1) is 9.06. The zero-order valence-corrected chi connectivity index (χ0v) is 6.35. The van der Waals surface area contributed by atoms with Crippen molar-refractivity contribution in [2.75, 3.05) is 0 Å². The summed E-state index contributed by atoms with van der Waals surface area (Å²) in [5, 5.41) is 7.36. The maximum absolute atomic E-state index is 5.77. The molecule has 0 saturated carbocycles. The predicted octanol–water partition coefficient (Wildman–Crippen LogP) is -2.22. The first-order valence-corrected chi connectivity index (χ1v) is 0.862. The second-order valence-electron chi connectivity index (χ2n) is 0.102. The smallest absolute Gasteiger partial charge is 1.00 e. The molecule has 0 amide bonds. The largest absolute Gasteiger partial charge is 1.00 e. The molecule has 0 fully saturated rings. The maximum atomic E-state index is 5.77. The zero-order chi connectivity index (χ0) is 2.71. The van der Waals surface area contributed by atoms with E-state index in [-0.39, 0.29) is 52.8 Å². The summed E-state index contributed by atoms with van der Waals surface area (Å²) in [5.74, 6) is 0. The van der Waals surface area contributed by atoms with E-state index >= 15 is 0 Å². The molecule has 0 atom stereocenters. The average molecular weight is 99.2 g/mol. The van der Waals surface area contributed by atoms with Crippen LogP contribution in [-0.2, 0) is 0 Å². The average Bonchev–Trinajstić information content (AvgIpc) is 0.918. The predicted molar refractivity (Wildman–Crippen MR) is 16.4 cm³/mol. The minimum absolute atomic E-state index is 0. The van der Waals surface area contributed by atoms with E-state index < -0.39 is 0 Å². The normalized spacial score (nSPS) is 2.00. The molecule has 0 bridgehead atoms. The molecule has 0 rings (SSSR count). The second kappa shape index (κ2) is 8.83. The first-order valence-electron chi connectivity index (χ1n) is 0.454. The molecule has 0 saturated heterocycles. The van der Waals surface area contributed by atoms with Crippen LogP contribution in [0.2, 0.25) is 0 Å². The Morgan fingerprint density at radius 1 is 2.00 bits per heavy atom. The van der Waals surface area contributed by atoms with Crippen LogP contribution in [0.25, 0.3) is 0 Å². The van der Waals surface area contributed by atoms with Gasteiger partial charge in [-0.25, -0.2) is 5.41 Å². The van der Waals surface area contributed by atoms with Crippen molar-refractivity contribution in [3.63, 3.8) is 0 Å². The summed E-state index contributed by atoms with van der Waals surface area (Å²) in [4.78, 5) is 0. The van der Waals surface area contributed by atoms with Gasteiger partial charge in [-0.2, -0.15) is 0 Å². The van der Waals surface area contributed by atoms with Gasteiger partial charge < -0.3 is 1.43 Å². The molecule has 3 heteroatoms. The van der Waals surface area contributed by atoms with E-state index in [1.165, 1.54) is 0 Å². The van der Waals surface area contributed by atoms with Crippen molar-refractivity contribution >= 4 is 17.4 Å². The van der Waals surface area contributed by atoms with Gasteiger partial charge in [0.15, 0.2) is 0 Å². The fraction of sp³-hybridized carbons (Fsp3) is 0. The summed E-state index contributed by atoms with van der Waals surface area (Å²) in [6.45, 7) is 0. The van der Waals surface area contributed by atoms with Crippen LogP contribution in [0.15, 0.2) is 0 Å². The Kier molecular flexibility index (Phi) is 20.0. The van der Waals surface area contributed by atoms with Crippen molar-refractivity contribution in [2.24, 2.45) is 0 Å². The minimum Gasteiger partial charge on any atom is -1.00 e. The van der Waals surface area contributed by atoms with Crippen LogP contribution >= 0.6 is 12.2 Å². The Bertz CT molecular complexity index is 32.6. The summed E-state index contributed by atoms with van der Waals surface area (Å²) in [6, 6.07) is 0. The number of isothiocyanates is 1. The molecule has 0 aliphatic rings. The molecule has 0 unspecified atom stereocenters. The number of nitrogens with one attached hydrogen (secondary N) is 1. The summed E-state index contributed by atoms with van der Waals surface area (Å²) >= 11 is 3.81. The molecule has 1 N–H and O–H groups in total. The molecule has 0 heterocycles. The van der Waals surface area contributed by atoms with Crippen molar-refractivity contribution in [1.29, 1.82) is 5.41 Å². The van der Waals surface area contributed by atoms with Crippen molar-refractivity contribution < 1.29 is 52.8 Å². The number of rotatable bonds is 0. The van der Waals surface area contributed by atoms with Crippen LogP contribution < -0.4 is 51.4 Å². The molecule has 0 aromatic rings. The summed E-state index contributed by atoms with van der Waals surface area (Å²) < 4.78 is 0. The van der Waals surface area contributed by atoms with Crippen LogP contribution in [0.3, 0.4) is 0 Å². The SMILES string of the molecule is N=C=S.[H-].[K+]. The van der Waals surface area contributed by atoms with Crippen LogP contribution in [-0.4, -0.2) is 5.16 Å². The van der Waals surface area contributed by atoms with Gasteiger partial charge in [0.1, 0.15) is 0 Å². The first-order chi connectivity index (χ1) is 1.41. The van der Waals surface area contributed by atoms with Crippen molar-refractivity contribution in [2.45, 2.75) is 0 Å². The van der Waals surface area contributed by atoms with E-state index in [2.05, 4.69) is 12.2 Å². The Morgan fingerprint density at radius 3 is 2.00 bits per heavy atom. The monoisotopic (exact) mass is 99.0 g/mol. The molecule has 18 valence electrons. The van der Waals surface area contributed by atoms with Gasteiger partial charge in [0, 0.05) is 0 Å². The molecule has 0 spiro atoms. The number of hydrogen-bond acceptors (Lipinski definition) is 2. The minimum atomic E-state index is 0. The summed E-state index contributed by atoms with van der Waals surface area (Å²) in [6.07, 6.45) is 0. The third-order valence-corrected chi connectivity index (χ3v) is 0. The molecule has 0 radical (unpaired) electrons. The van der Waals surface area contributed by atoms with Crippen LogP contribution in [0, 0.1) is 5.41 Å². The van der Waals surface area contributed by atoms with E-state index in [0.29, 0.717) is 0 Å². The number of thiocarbonyl (C=S) groups is 1. The van der Waals surface area contributed by atoms with Gasteiger partial charge in [-0.1, -0.05) is 0 Å². The van der Waals surface area contributed by atoms with E-state index in [1.54, 1.807) is 5.16 Å². The van der Waals surface area contributed by atoms with Crippen molar-refractivity contribution in [1.82, 2.24) is 0 Å².